The number of ether oxygens (including phenoxy) is 1. The Bertz CT molecular complexity index is 993. The molecule has 2 aromatic carbocycles. The number of furan rings is 1. The van der Waals surface area contributed by atoms with E-state index in [1.54, 1.807) is 44.2 Å². The summed E-state index contributed by atoms with van der Waals surface area (Å²) in [4.78, 5) is 11.3. The highest BCUT2D eigenvalue weighted by molar-refractivity contribution is 6.35. The average Bonchev–Trinajstić information content (AvgIpc) is 3.03. The number of aliphatic hydroxyl groups is 1. The molecule has 0 radical (unpaired) electrons. The summed E-state index contributed by atoms with van der Waals surface area (Å²) in [5.74, 6) is -1.24. The first-order valence-electron chi connectivity index (χ1n) is 8.31. The van der Waals surface area contributed by atoms with Crippen LogP contribution < -0.4 is 4.74 Å². The molecule has 0 aliphatic carbocycles. The molecule has 2 unspecified atom stereocenters. The lowest BCUT2D eigenvalue weighted by Gasteiger charge is -2.15. The fraction of sp³-hybridized carbons (Fsp3) is 0.250. The highest BCUT2D eigenvalue weighted by Gasteiger charge is 2.24. The highest BCUT2D eigenvalue weighted by atomic mass is 35.5. The first kappa shape index (κ1) is 19.5. The smallest absolute Gasteiger partial charge is 0.310 e. The Morgan fingerprint density at radius 2 is 1.96 bits per heavy atom. The first-order chi connectivity index (χ1) is 12.8. The Morgan fingerprint density at radius 1 is 1.22 bits per heavy atom. The van der Waals surface area contributed by atoms with Gasteiger partial charge >= 0.3 is 5.97 Å². The Morgan fingerprint density at radius 3 is 2.59 bits per heavy atom. The molecule has 0 aliphatic rings. The molecular formula is C20H18Cl2O5. The van der Waals surface area contributed by atoms with Gasteiger partial charge in [0, 0.05) is 26.6 Å². The van der Waals surface area contributed by atoms with Crippen LogP contribution >= 0.6 is 23.2 Å². The van der Waals surface area contributed by atoms with Crippen LogP contribution in [0.5, 0.6) is 5.75 Å². The largest absolute Gasteiger partial charge is 0.488 e. The van der Waals surface area contributed by atoms with Crippen LogP contribution in [0.15, 0.2) is 41.0 Å². The van der Waals surface area contributed by atoms with E-state index in [0.29, 0.717) is 37.9 Å². The predicted octanol–water partition coefficient (Wildman–Crippen LogP) is 5.56. The summed E-state index contributed by atoms with van der Waals surface area (Å²) in [6.45, 7) is 3.36. The summed E-state index contributed by atoms with van der Waals surface area (Å²) in [5, 5.41) is 21.2. The standard InChI is InChI=1S/C20H18Cl2O5/c1-10(20(24)25)15-9-27-19-14(15)5-6-17(18(19)11(2)23)26-8-12-3-4-13(21)7-16(12)22/h3-7,9-11,23H,8H2,1-2H3,(H,24,25). The van der Waals surface area contributed by atoms with Crippen molar-refractivity contribution in [3.63, 3.8) is 0 Å². The van der Waals surface area contributed by atoms with Crippen LogP contribution in [-0.4, -0.2) is 16.2 Å². The van der Waals surface area contributed by atoms with E-state index in [4.69, 9.17) is 32.4 Å². The third-order valence-electron chi connectivity index (χ3n) is 4.42. The van der Waals surface area contributed by atoms with Crippen LogP contribution in [0.25, 0.3) is 11.0 Å². The Labute approximate surface area is 166 Å². The molecule has 1 aromatic heterocycles. The van der Waals surface area contributed by atoms with E-state index >= 15 is 0 Å². The minimum Gasteiger partial charge on any atom is -0.488 e. The van der Waals surface area contributed by atoms with E-state index in [-0.39, 0.29) is 6.61 Å². The Hall–Kier alpha value is -2.21. The van der Waals surface area contributed by atoms with E-state index in [0.717, 1.165) is 5.56 Å². The van der Waals surface area contributed by atoms with Gasteiger partial charge in [0.25, 0.3) is 0 Å². The van der Waals surface area contributed by atoms with E-state index in [2.05, 4.69) is 0 Å². The van der Waals surface area contributed by atoms with E-state index in [1.807, 2.05) is 0 Å². The van der Waals surface area contributed by atoms with Gasteiger partial charge in [-0.3, -0.25) is 4.79 Å². The molecule has 3 rings (SSSR count). The minimum atomic E-state index is -0.950. The summed E-state index contributed by atoms with van der Waals surface area (Å²) < 4.78 is 11.5. The molecule has 27 heavy (non-hydrogen) atoms. The van der Waals surface area contributed by atoms with Crippen molar-refractivity contribution in [2.45, 2.75) is 32.5 Å². The Balaban J connectivity index is 1.98. The quantitative estimate of drug-likeness (QED) is 0.557. The number of benzene rings is 2. The summed E-state index contributed by atoms with van der Waals surface area (Å²) in [6, 6.07) is 8.55. The normalized spacial score (nSPS) is 13.5. The van der Waals surface area contributed by atoms with Crippen molar-refractivity contribution in [3.05, 3.63) is 63.3 Å². The third kappa shape index (κ3) is 3.90. The van der Waals surface area contributed by atoms with Gasteiger partial charge in [-0.25, -0.2) is 0 Å². The van der Waals surface area contributed by atoms with Gasteiger partial charge in [0.2, 0.25) is 0 Å². The summed E-state index contributed by atoms with van der Waals surface area (Å²) in [7, 11) is 0. The third-order valence-corrected chi connectivity index (χ3v) is 5.01. The summed E-state index contributed by atoms with van der Waals surface area (Å²) >= 11 is 12.1. The molecule has 0 fully saturated rings. The lowest BCUT2D eigenvalue weighted by atomic mass is 9.98. The number of halogens is 2. The van der Waals surface area contributed by atoms with Crippen LogP contribution in [0.2, 0.25) is 10.0 Å². The molecule has 2 atom stereocenters. The predicted molar refractivity (Wildman–Crippen MR) is 104 cm³/mol. The van der Waals surface area contributed by atoms with Gasteiger partial charge in [0.15, 0.2) is 0 Å². The summed E-state index contributed by atoms with van der Waals surface area (Å²) in [6.07, 6.45) is 0.540. The number of aliphatic hydroxyl groups excluding tert-OH is 1. The second kappa shape index (κ2) is 7.80. The van der Waals surface area contributed by atoms with Crippen LogP contribution in [-0.2, 0) is 11.4 Å². The maximum atomic E-state index is 11.3. The van der Waals surface area contributed by atoms with E-state index in [1.165, 1.54) is 6.26 Å². The zero-order chi connectivity index (χ0) is 19.7. The number of aliphatic carboxylic acids is 1. The van der Waals surface area contributed by atoms with E-state index < -0.39 is 18.0 Å². The van der Waals surface area contributed by atoms with Crippen LogP contribution in [0.3, 0.4) is 0 Å². The molecule has 0 amide bonds. The first-order valence-corrected chi connectivity index (χ1v) is 9.06. The average molecular weight is 409 g/mol. The molecule has 142 valence electrons. The number of hydrogen-bond acceptors (Lipinski definition) is 4. The lowest BCUT2D eigenvalue weighted by Crippen LogP contribution is -2.07. The topological polar surface area (TPSA) is 79.9 Å². The molecule has 1 heterocycles. The summed E-state index contributed by atoms with van der Waals surface area (Å²) in [5.41, 5.74) is 2.17. The minimum absolute atomic E-state index is 0.181. The van der Waals surface area contributed by atoms with Gasteiger partial charge in [-0.15, -0.1) is 0 Å². The van der Waals surface area contributed by atoms with Gasteiger partial charge in [-0.2, -0.15) is 0 Å². The van der Waals surface area contributed by atoms with Crippen molar-refractivity contribution >= 4 is 40.1 Å². The molecular weight excluding hydrogens is 391 g/mol. The molecule has 3 aromatic rings. The van der Waals surface area contributed by atoms with Gasteiger partial charge in [-0.1, -0.05) is 29.3 Å². The van der Waals surface area contributed by atoms with Gasteiger partial charge in [-0.05, 0) is 38.1 Å². The molecule has 0 bridgehead atoms. The fourth-order valence-electron chi connectivity index (χ4n) is 2.91. The highest BCUT2D eigenvalue weighted by Crippen LogP contribution is 2.38. The molecule has 2 N–H and O–H groups in total. The van der Waals surface area contributed by atoms with Crippen molar-refractivity contribution in [2.24, 2.45) is 0 Å². The number of carboxylic acid groups (broad SMARTS) is 1. The number of carboxylic acids is 1. The lowest BCUT2D eigenvalue weighted by molar-refractivity contribution is -0.138. The molecule has 0 spiro atoms. The van der Waals surface area contributed by atoms with Crippen LogP contribution in [0.1, 0.15) is 42.6 Å². The SMILES string of the molecule is CC(O)c1c(OCc2ccc(Cl)cc2Cl)ccc2c(C(C)C(=O)O)coc12. The van der Waals surface area contributed by atoms with Gasteiger partial charge < -0.3 is 19.4 Å². The zero-order valence-corrected chi connectivity index (χ0v) is 16.2. The molecule has 7 heteroatoms. The molecule has 0 saturated heterocycles. The number of fused-ring (bicyclic) bond motifs is 1. The van der Waals surface area contributed by atoms with Crippen molar-refractivity contribution < 1.29 is 24.2 Å². The zero-order valence-electron chi connectivity index (χ0n) is 14.7. The molecule has 0 saturated carbocycles. The fourth-order valence-corrected chi connectivity index (χ4v) is 3.37. The molecule has 0 aliphatic heterocycles. The van der Waals surface area contributed by atoms with Crippen molar-refractivity contribution in [1.82, 2.24) is 0 Å². The molecule has 5 nitrogen and oxygen atoms in total. The van der Waals surface area contributed by atoms with Gasteiger partial charge in [0.1, 0.15) is 17.9 Å². The van der Waals surface area contributed by atoms with Gasteiger partial charge in [0.05, 0.1) is 23.8 Å². The van der Waals surface area contributed by atoms with Crippen molar-refractivity contribution in [3.8, 4) is 5.75 Å². The van der Waals surface area contributed by atoms with Crippen LogP contribution in [0.4, 0.5) is 0 Å². The van der Waals surface area contributed by atoms with Crippen LogP contribution in [0, 0.1) is 0 Å². The van der Waals surface area contributed by atoms with E-state index in [9.17, 15) is 15.0 Å². The number of hydrogen-bond donors (Lipinski definition) is 2. The monoisotopic (exact) mass is 408 g/mol. The van der Waals surface area contributed by atoms with Crippen molar-refractivity contribution in [2.75, 3.05) is 0 Å². The Kier molecular flexibility index (Phi) is 5.65. The number of rotatable bonds is 6. The second-order valence-corrected chi connectivity index (χ2v) is 7.15. The van der Waals surface area contributed by atoms with Crippen molar-refractivity contribution in [1.29, 1.82) is 0 Å². The number of carbonyl (C=O) groups is 1. The second-order valence-electron chi connectivity index (χ2n) is 6.31. The maximum absolute atomic E-state index is 11.3. The maximum Gasteiger partial charge on any atom is 0.310 e.